The number of carboxylic acids is 1. The van der Waals surface area contributed by atoms with Gasteiger partial charge in [-0.2, -0.15) is 0 Å². The lowest BCUT2D eigenvalue weighted by atomic mass is 10.1. The van der Waals surface area contributed by atoms with Crippen LogP contribution in [0.1, 0.15) is 11.6 Å². The van der Waals surface area contributed by atoms with Crippen LogP contribution in [0.25, 0.3) is 0 Å². The molecule has 1 atom stereocenters. The molecule has 2 N–H and O–H groups in total. The first-order valence-corrected chi connectivity index (χ1v) is 10.4. The van der Waals surface area contributed by atoms with Crippen molar-refractivity contribution < 1.29 is 9.90 Å². The Morgan fingerprint density at radius 1 is 0.889 bits per heavy atom. The van der Waals surface area contributed by atoms with Crippen molar-refractivity contribution in [2.45, 2.75) is 25.6 Å². The summed E-state index contributed by atoms with van der Waals surface area (Å²) in [4.78, 5) is 16.4. The number of fused-ring (bicyclic) bond motifs is 2. The Morgan fingerprint density at radius 2 is 1.52 bits per heavy atom. The van der Waals surface area contributed by atoms with Gasteiger partial charge in [-0.1, -0.05) is 71.0 Å². The number of anilines is 1. The lowest BCUT2D eigenvalue weighted by Gasteiger charge is -2.24. The zero-order chi connectivity index (χ0) is 19.0. The smallest absolute Gasteiger partial charge is 0.330 e. The Kier molecular flexibility index (Phi) is 5.28. The van der Waals surface area contributed by atoms with E-state index in [-0.39, 0.29) is 0 Å². The second-order valence-electron chi connectivity index (χ2n) is 5.90. The fourth-order valence-corrected chi connectivity index (χ4v) is 5.82. The highest BCUT2D eigenvalue weighted by molar-refractivity contribution is 8.05. The van der Waals surface area contributed by atoms with Gasteiger partial charge in [0.05, 0.1) is 0 Å². The molecule has 0 aromatic heterocycles. The highest BCUT2D eigenvalue weighted by atomic mass is 35.5. The molecule has 0 saturated carbocycles. The fraction of sp³-hybridized carbons (Fsp3) is 0.0500. The predicted molar refractivity (Wildman–Crippen MR) is 112 cm³/mol. The molecule has 0 bridgehead atoms. The molecule has 0 spiro atoms. The maximum Gasteiger partial charge on any atom is 0.330 e. The van der Waals surface area contributed by atoms with Gasteiger partial charge in [0.25, 0.3) is 0 Å². The number of halogens is 2. The standard InChI is InChI=1S/C20H13Cl2NO2S2/c21-11-8-12(22)10-13(9-11)23-18(20(24)25)14-4-3-7-17-19(14)27-16-6-2-1-5-15(16)26-17/h1-10,18,23H,(H,24,25). The van der Waals surface area contributed by atoms with Crippen LogP contribution in [0.2, 0.25) is 10.0 Å². The van der Waals surface area contributed by atoms with Crippen LogP contribution in [-0.4, -0.2) is 11.1 Å². The van der Waals surface area contributed by atoms with Crippen LogP contribution in [0.4, 0.5) is 5.69 Å². The van der Waals surface area contributed by atoms with Gasteiger partial charge in [0.2, 0.25) is 0 Å². The molecule has 4 rings (SSSR count). The van der Waals surface area contributed by atoms with Crippen LogP contribution >= 0.6 is 46.7 Å². The molecular weight excluding hydrogens is 421 g/mol. The zero-order valence-electron chi connectivity index (χ0n) is 13.8. The zero-order valence-corrected chi connectivity index (χ0v) is 16.9. The van der Waals surface area contributed by atoms with Crippen molar-refractivity contribution in [1.29, 1.82) is 0 Å². The highest BCUT2D eigenvalue weighted by Crippen LogP contribution is 2.50. The van der Waals surface area contributed by atoms with Crippen molar-refractivity contribution in [3.63, 3.8) is 0 Å². The molecule has 27 heavy (non-hydrogen) atoms. The minimum Gasteiger partial charge on any atom is -0.479 e. The second kappa shape index (κ2) is 7.68. The molecular formula is C20H13Cl2NO2S2. The number of hydrogen-bond acceptors (Lipinski definition) is 4. The van der Waals surface area contributed by atoms with Crippen LogP contribution in [0, 0.1) is 0 Å². The first kappa shape index (κ1) is 18.6. The van der Waals surface area contributed by atoms with Crippen LogP contribution in [0.3, 0.4) is 0 Å². The van der Waals surface area contributed by atoms with Gasteiger partial charge < -0.3 is 10.4 Å². The molecule has 0 aliphatic carbocycles. The quantitative estimate of drug-likeness (QED) is 0.368. The third-order valence-corrected chi connectivity index (χ3v) is 7.09. The molecule has 1 aliphatic rings. The highest BCUT2D eigenvalue weighted by Gasteiger charge is 2.27. The summed E-state index contributed by atoms with van der Waals surface area (Å²) in [6.45, 7) is 0. The van der Waals surface area contributed by atoms with E-state index in [0.29, 0.717) is 21.3 Å². The fourth-order valence-electron chi connectivity index (χ4n) is 2.87. The molecule has 0 radical (unpaired) electrons. The third-order valence-electron chi connectivity index (χ3n) is 4.02. The second-order valence-corrected chi connectivity index (χ2v) is 8.91. The number of rotatable bonds is 4. The monoisotopic (exact) mass is 433 g/mol. The third kappa shape index (κ3) is 3.92. The van der Waals surface area contributed by atoms with Crippen molar-refractivity contribution in [3.8, 4) is 0 Å². The van der Waals surface area contributed by atoms with Crippen molar-refractivity contribution >= 4 is 58.4 Å². The maximum atomic E-state index is 12.1. The number of nitrogens with one attached hydrogen (secondary N) is 1. The van der Waals surface area contributed by atoms with Crippen molar-refractivity contribution in [2.24, 2.45) is 0 Å². The molecule has 3 aromatic carbocycles. The van der Waals surface area contributed by atoms with Crippen molar-refractivity contribution in [2.75, 3.05) is 5.32 Å². The molecule has 1 heterocycles. The molecule has 1 unspecified atom stereocenters. The summed E-state index contributed by atoms with van der Waals surface area (Å²) in [7, 11) is 0. The topological polar surface area (TPSA) is 49.3 Å². The maximum absolute atomic E-state index is 12.1. The van der Waals surface area contributed by atoms with E-state index < -0.39 is 12.0 Å². The predicted octanol–water partition coefficient (Wildman–Crippen LogP) is 6.85. The van der Waals surface area contributed by atoms with E-state index in [1.807, 2.05) is 36.4 Å². The summed E-state index contributed by atoms with van der Waals surface area (Å²) in [5.41, 5.74) is 1.27. The van der Waals surface area contributed by atoms with E-state index >= 15 is 0 Å². The lowest BCUT2D eigenvalue weighted by Crippen LogP contribution is -2.21. The minimum absolute atomic E-state index is 0.447. The minimum atomic E-state index is -0.969. The molecule has 1 aliphatic heterocycles. The summed E-state index contributed by atoms with van der Waals surface area (Å²) >= 11 is 15.4. The number of aliphatic carboxylic acids is 1. The van der Waals surface area contributed by atoms with Gasteiger partial charge in [-0.3, -0.25) is 0 Å². The van der Waals surface area contributed by atoms with E-state index in [4.69, 9.17) is 23.2 Å². The van der Waals surface area contributed by atoms with E-state index in [0.717, 1.165) is 14.7 Å². The number of hydrogen-bond donors (Lipinski definition) is 2. The lowest BCUT2D eigenvalue weighted by molar-refractivity contribution is -0.138. The first-order valence-electron chi connectivity index (χ1n) is 8.04. The Morgan fingerprint density at radius 3 is 2.19 bits per heavy atom. The van der Waals surface area contributed by atoms with Gasteiger partial charge in [0.15, 0.2) is 6.04 Å². The van der Waals surface area contributed by atoms with E-state index in [2.05, 4.69) is 11.4 Å². The average Bonchev–Trinajstić information content (AvgIpc) is 2.63. The van der Waals surface area contributed by atoms with Gasteiger partial charge in [0, 0.05) is 40.9 Å². The Bertz CT molecular complexity index is 1020. The Hall–Kier alpha value is -1.79. The van der Waals surface area contributed by atoms with Gasteiger partial charge in [-0.05, 0) is 36.4 Å². The Balaban J connectivity index is 1.74. The molecule has 3 aromatic rings. The number of carboxylic acid groups (broad SMARTS) is 1. The summed E-state index contributed by atoms with van der Waals surface area (Å²) < 4.78 is 0. The Labute approximate surface area is 175 Å². The molecule has 136 valence electrons. The number of carbonyl (C=O) groups is 1. The SMILES string of the molecule is O=C(O)C(Nc1cc(Cl)cc(Cl)c1)c1cccc2c1Sc1ccccc1S2. The van der Waals surface area contributed by atoms with E-state index in [1.54, 1.807) is 41.7 Å². The summed E-state index contributed by atoms with van der Waals surface area (Å²) in [5.74, 6) is -0.969. The summed E-state index contributed by atoms with van der Waals surface area (Å²) in [5, 5.41) is 13.8. The van der Waals surface area contributed by atoms with E-state index in [9.17, 15) is 9.90 Å². The van der Waals surface area contributed by atoms with Crippen molar-refractivity contribution in [3.05, 3.63) is 76.3 Å². The van der Waals surface area contributed by atoms with Crippen LogP contribution < -0.4 is 5.32 Å². The summed E-state index contributed by atoms with van der Waals surface area (Å²) in [6, 6.07) is 17.9. The van der Waals surface area contributed by atoms with Crippen LogP contribution in [-0.2, 0) is 4.79 Å². The molecule has 0 amide bonds. The first-order chi connectivity index (χ1) is 13.0. The molecule has 0 saturated heterocycles. The number of benzene rings is 3. The molecule has 0 fully saturated rings. The largest absolute Gasteiger partial charge is 0.479 e. The van der Waals surface area contributed by atoms with Crippen LogP contribution in [0.5, 0.6) is 0 Å². The van der Waals surface area contributed by atoms with Gasteiger partial charge in [0.1, 0.15) is 0 Å². The average molecular weight is 434 g/mol. The van der Waals surface area contributed by atoms with Gasteiger partial charge in [-0.15, -0.1) is 0 Å². The van der Waals surface area contributed by atoms with Crippen molar-refractivity contribution in [1.82, 2.24) is 0 Å². The van der Waals surface area contributed by atoms with Gasteiger partial charge in [-0.25, -0.2) is 4.79 Å². The van der Waals surface area contributed by atoms with Gasteiger partial charge >= 0.3 is 5.97 Å². The van der Waals surface area contributed by atoms with Crippen LogP contribution in [0.15, 0.2) is 80.2 Å². The molecule has 7 heteroatoms. The molecule has 3 nitrogen and oxygen atoms in total. The van der Waals surface area contributed by atoms with E-state index in [1.165, 1.54) is 4.90 Å². The normalized spacial score (nSPS) is 13.4. The summed E-state index contributed by atoms with van der Waals surface area (Å²) in [6.07, 6.45) is 0.